The van der Waals surface area contributed by atoms with Gasteiger partial charge in [-0.3, -0.25) is 4.79 Å². The number of esters is 1. The minimum Gasteiger partial charge on any atom is -0.508 e. The number of ketones is 1. The number of carbonyl (C=O) groups excluding carboxylic acids is 2. The molecule has 0 spiro atoms. The second kappa shape index (κ2) is 5.40. The predicted molar refractivity (Wildman–Crippen MR) is 91.7 cm³/mol. The van der Waals surface area contributed by atoms with Crippen molar-refractivity contribution in [3.8, 4) is 23.0 Å². The van der Waals surface area contributed by atoms with Crippen LogP contribution in [-0.4, -0.2) is 50.0 Å². The number of rotatable bonds is 2. The zero-order chi connectivity index (χ0) is 20.4. The molecule has 5 N–H and O–H groups in total. The maximum absolute atomic E-state index is 12.9. The molecule has 2 atom stereocenters. The molecule has 0 aromatic heterocycles. The number of phenolic OH excluding ortho intramolecular Hbond substituents is 3. The maximum atomic E-state index is 12.9. The second-order valence-corrected chi connectivity index (χ2v) is 6.42. The van der Waals surface area contributed by atoms with Crippen molar-refractivity contribution in [3.63, 3.8) is 0 Å². The summed E-state index contributed by atoms with van der Waals surface area (Å²) in [6.45, 7) is 0. The van der Waals surface area contributed by atoms with Crippen LogP contribution in [-0.2, 0) is 19.9 Å². The van der Waals surface area contributed by atoms with Gasteiger partial charge in [0, 0.05) is 5.56 Å². The summed E-state index contributed by atoms with van der Waals surface area (Å²) in [5, 5.41) is 51.0. The quantitative estimate of drug-likeness (QED) is 0.373. The zero-order valence-electron chi connectivity index (χ0n) is 14.3. The summed E-state index contributed by atoms with van der Waals surface area (Å²) in [6, 6.07) is 6.81. The SMILES string of the molecule is COC(=O)[C@@]12Oc3ccc(O)cc3[C@]1(O)C(=O)C(O)=C2c1ccc(O)c(O)c1. The van der Waals surface area contributed by atoms with Gasteiger partial charge in [0.2, 0.25) is 11.4 Å². The normalized spacial score (nSPS) is 25.3. The van der Waals surface area contributed by atoms with Crippen molar-refractivity contribution in [2.24, 2.45) is 0 Å². The number of fused-ring (bicyclic) bond motifs is 3. The van der Waals surface area contributed by atoms with Gasteiger partial charge in [0.1, 0.15) is 11.5 Å². The lowest BCUT2D eigenvalue weighted by Crippen LogP contribution is -2.58. The number of aromatic hydroxyl groups is 3. The Bertz CT molecular complexity index is 1090. The van der Waals surface area contributed by atoms with E-state index in [9.17, 15) is 35.1 Å². The van der Waals surface area contributed by atoms with Crippen molar-refractivity contribution < 1.29 is 44.6 Å². The van der Waals surface area contributed by atoms with E-state index in [2.05, 4.69) is 0 Å². The molecule has 9 heteroatoms. The van der Waals surface area contributed by atoms with Crippen molar-refractivity contribution in [2.45, 2.75) is 11.2 Å². The average Bonchev–Trinajstić information content (AvgIpc) is 3.02. The van der Waals surface area contributed by atoms with Gasteiger partial charge >= 0.3 is 5.97 Å². The molecule has 0 saturated carbocycles. The molecule has 0 amide bonds. The summed E-state index contributed by atoms with van der Waals surface area (Å²) >= 11 is 0. The van der Waals surface area contributed by atoms with Crippen molar-refractivity contribution in [3.05, 3.63) is 53.3 Å². The van der Waals surface area contributed by atoms with Gasteiger partial charge in [-0.25, -0.2) is 4.79 Å². The second-order valence-electron chi connectivity index (χ2n) is 6.42. The van der Waals surface area contributed by atoms with E-state index in [0.29, 0.717) is 0 Å². The third-order valence-corrected chi connectivity index (χ3v) is 4.99. The molecular weight excluding hydrogens is 372 g/mol. The number of benzene rings is 2. The molecule has 0 radical (unpaired) electrons. The first-order chi connectivity index (χ1) is 13.2. The third kappa shape index (κ3) is 1.83. The van der Waals surface area contributed by atoms with E-state index in [0.717, 1.165) is 25.3 Å². The van der Waals surface area contributed by atoms with Crippen LogP contribution in [0.5, 0.6) is 23.0 Å². The van der Waals surface area contributed by atoms with Crippen LogP contribution in [0.2, 0.25) is 0 Å². The smallest absolute Gasteiger partial charge is 0.359 e. The lowest BCUT2D eigenvalue weighted by atomic mass is 9.76. The monoisotopic (exact) mass is 386 g/mol. The Morgan fingerprint density at radius 1 is 1.04 bits per heavy atom. The lowest BCUT2D eigenvalue weighted by molar-refractivity contribution is -0.173. The average molecular weight is 386 g/mol. The maximum Gasteiger partial charge on any atom is 0.359 e. The fourth-order valence-corrected chi connectivity index (χ4v) is 3.74. The number of aliphatic hydroxyl groups excluding tert-OH is 1. The van der Waals surface area contributed by atoms with Crippen molar-refractivity contribution in [1.29, 1.82) is 0 Å². The number of hydrogen-bond acceptors (Lipinski definition) is 9. The molecule has 0 bridgehead atoms. The Hall–Kier alpha value is -3.72. The molecule has 2 aromatic carbocycles. The number of phenols is 3. The van der Waals surface area contributed by atoms with E-state index >= 15 is 0 Å². The molecule has 2 aromatic rings. The highest BCUT2D eigenvalue weighted by Crippen LogP contribution is 2.60. The molecule has 144 valence electrons. The molecule has 9 nitrogen and oxygen atoms in total. The van der Waals surface area contributed by atoms with Crippen LogP contribution in [0.1, 0.15) is 11.1 Å². The molecule has 2 aliphatic rings. The van der Waals surface area contributed by atoms with Gasteiger partial charge in [0.15, 0.2) is 17.3 Å². The summed E-state index contributed by atoms with van der Waals surface area (Å²) in [4.78, 5) is 25.7. The van der Waals surface area contributed by atoms with Gasteiger partial charge in [-0.1, -0.05) is 6.07 Å². The first-order valence-electron chi connectivity index (χ1n) is 8.02. The van der Waals surface area contributed by atoms with Gasteiger partial charge in [0.25, 0.3) is 5.60 Å². The van der Waals surface area contributed by atoms with Crippen LogP contribution in [0.3, 0.4) is 0 Å². The number of carbonyl (C=O) groups is 2. The Kier molecular flexibility index (Phi) is 3.41. The molecule has 0 saturated heterocycles. The molecule has 4 rings (SSSR count). The highest BCUT2D eigenvalue weighted by atomic mass is 16.6. The van der Waals surface area contributed by atoms with E-state index in [4.69, 9.17) is 9.47 Å². The molecular formula is C19H14O9. The first kappa shape index (κ1) is 17.7. The molecule has 1 heterocycles. The fourth-order valence-electron chi connectivity index (χ4n) is 3.74. The minimum absolute atomic E-state index is 0.0699. The number of aliphatic hydroxyl groups is 2. The van der Waals surface area contributed by atoms with E-state index in [-0.39, 0.29) is 22.6 Å². The molecule has 1 aliphatic heterocycles. The largest absolute Gasteiger partial charge is 0.508 e. The summed E-state index contributed by atoms with van der Waals surface area (Å²) in [7, 11) is 1.01. The van der Waals surface area contributed by atoms with Gasteiger partial charge in [-0.2, -0.15) is 0 Å². The van der Waals surface area contributed by atoms with Crippen LogP contribution >= 0.6 is 0 Å². The van der Waals surface area contributed by atoms with Crippen LogP contribution < -0.4 is 4.74 Å². The van der Waals surface area contributed by atoms with Gasteiger partial charge in [-0.15, -0.1) is 0 Å². The molecule has 1 aliphatic carbocycles. The minimum atomic E-state index is -2.72. The van der Waals surface area contributed by atoms with E-state index in [1.807, 2.05) is 0 Å². The van der Waals surface area contributed by atoms with Crippen molar-refractivity contribution in [1.82, 2.24) is 0 Å². The number of hydrogen-bond donors (Lipinski definition) is 5. The Labute approximate surface area is 157 Å². The standard InChI is InChI=1S/C19H14O9/c1-27-17(25)19-14(8-2-4-11(21)12(22)6-8)15(23)16(24)18(19,26)10-7-9(20)3-5-13(10)28-19/h2-7,20-23,26H,1H3/t18-,19+/m0/s1. The summed E-state index contributed by atoms with van der Waals surface area (Å²) < 4.78 is 10.5. The van der Waals surface area contributed by atoms with Crippen LogP contribution in [0.4, 0.5) is 0 Å². The van der Waals surface area contributed by atoms with E-state index in [1.165, 1.54) is 18.2 Å². The van der Waals surface area contributed by atoms with Crippen LogP contribution in [0.15, 0.2) is 42.2 Å². The number of Topliss-reactive ketones (excluding diaryl/α,β-unsaturated/α-hetero) is 1. The highest BCUT2D eigenvalue weighted by molar-refractivity contribution is 6.22. The van der Waals surface area contributed by atoms with E-state index in [1.54, 1.807) is 0 Å². The fraction of sp³-hybridized carbons (Fsp3) is 0.158. The van der Waals surface area contributed by atoms with E-state index < -0.39 is 45.8 Å². The van der Waals surface area contributed by atoms with Gasteiger partial charge in [0.05, 0.1) is 12.7 Å². The van der Waals surface area contributed by atoms with Crippen LogP contribution in [0, 0.1) is 0 Å². The molecule has 28 heavy (non-hydrogen) atoms. The summed E-state index contributed by atoms with van der Waals surface area (Å²) in [5.41, 5.74) is -5.99. The topological polar surface area (TPSA) is 154 Å². The molecule has 0 fully saturated rings. The third-order valence-electron chi connectivity index (χ3n) is 4.99. The predicted octanol–water partition coefficient (Wildman–Crippen LogP) is 0.847. The van der Waals surface area contributed by atoms with Gasteiger partial charge < -0.3 is 35.0 Å². The van der Waals surface area contributed by atoms with Crippen LogP contribution in [0.25, 0.3) is 5.57 Å². The summed E-state index contributed by atoms with van der Waals surface area (Å²) in [5.74, 6) is -4.86. The van der Waals surface area contributed by atoms with Gasteiger partial charge in [-0.05, 0) is 35.9 Å². The molecule has 0 unspecified atom stereocenters. The Balaban J connectivity index is 2.06. The lowest BCUT2D eigenvalue weighted by Gasteiger charge is -2.33. The summed E-state index contributed by atoms with van der Waals surface area (Å²) in [6.07, 6.45) is 0. The first-order valence-corrected chi connectivity index (χ1v) is 8.02. The number of ether oxygens (including phenoxy) is 2. The highest BCUT2D eigenvalue weighted by Gasteiger charge is 2.77. The van der Waals surface area contributed by atoms with Crippen molar-refractivity contribution in [2.75, 3.05) is 7.11 Å². The Morgan fingerprint density at radius 3 is 2.39 bits per heavy atom. The Morgan fingerprint density at radius 2 is 1.75 bits per heavy atom. The number of methoxy groups -OCH3 is 1. The zero-order valence-corrected chi connectivity index (χ0v) is 14.3. The van der Waals surface area contributed by atoms with Crippen molar-refractivity contribution >= 4 is 17.3 Å².